The highest BCUT2D eigenvalue weighted by molar-refractivity contribution is 5.91. The average Bonchev–Trinajstić information content (AvgIpc) is 3.12. The number of amides is 1. The Morgan fingerprint density at radius 3 is 2.61 bits per heavy atom. The summed E-state index contributed by atoms with van der Waals surface area (Å²) in [7, 11) is 1.59. The quantitative estimate of drug-likeness (QED) is 0.503. The van der Waals surface area contributed by atoms with Gasteiger partial charge in [0.15, 0.2) is 11.5 Å². The summed E-state index contributed by atoms with van der Waals surface area (Å²) in [6.45, 7) is 6.74. The number of hydrogen-bond donors (Lipinski definition) is 1. The fourth-order valence-corrected chi connectivity index (χ4v) is 3.15. The largest absolute Gasteiger partial charge is 0.493 e. The molecular formula is C25H28N2O4. The highest BCUT2D eigenvalue weighted by Crippen LogP contribution is 2.30. The second-order valence-electron chi connectivity index (χ2n) is 7.39. The second kappa shape index (κ2) is 10.5. The maximum Gasteiger partial charge on any atom is 0.244 e. The Kier molecular flexibility index (Phi) is 7.49. The van der Waals surface area contributed by atoms with Crippen LogP contribution in [-0.4, -0.2) is 24.7 Å². The smallest absolute Gasteiger partial charge is 0.244 e. The molecule has 2 aromatic carbocycles. The van der Waals surface area contributed by atoms with Gasteiger partial charge in [0.1, 0.15) is 12.4 Å². The van der Waals surface area contributed by atoms with Gasteiger partial charge in [-0.15, -0.1) is 0 Å². The molecule has 1 heterocycles. The van der Waals surface area contributed by atoms with Crippen molar-refractivity contribution >= 4 is 12.0 Å². The van der Waals surface area contributed by atoms with Crippen LogP contribution in [0.5, 0.6) is 11.5 Å². The first-order chi connectivity index (χ1) is 15.0. The molecule has 0 radical (unpaired) electrons. The van der Waals surface area contributed by atoms with Crippen LogP contribution in [0.2, 0.25) is 0 Å². The van der Waals surface area contributed by atoms with Crippen molar-refractivity contribution < 1.29 is 18.8 Å². The third kappa shape index (κ3) is 5.98. The second-order valence-corrected chi connectivity index (χ2v) is 7.39. The van der Waals surface area contributed by atoms with E-state index in [1.807, 2.05) is 50.2 Å². The van der Waals surface area contributed by atoms with Gasteiger partial charge in [0.2, 0.25) is 5.91 Å². The molecule has 162 valence electrons. The predicted molar refractivity (Wildman–Crippen MR) is 120 cm³/mol. The van der Waals surface area contributed by atoms with Crippen LogP contribution in [-0.2, 0) is 11.4 Å². The van der Waals surface area contributed by atoms with E-state index >= 15 is 0 Å². The molecule has 31 heavy (non-hydrogen) atoms. The summed E-state index contributed by atoms with van der Waals surface area (Å²) in [5.74, 6) is 2.05. The Hall–Kier alpha value is -3.54. The lowest BCUT2D eigenvalue weighted by molar-refractivity contribution is -0.116. The number of hydrogen-bond acceptors (Lipinski definition) is 5. The molecule has 0 aliphatic carbocycles. The molecule has 1 aromatic heterocycles. The Balaban J connectivity index is 1.57. The number of carbonyl (C=O) groups excluding carboxylic acids is 1. The molecule has 3 rings (SSSR count). The molecule has 1 unspecified atom stereocenters. The maximum absolute atomic E-state index is 12.2. The van der Waals surface area contributed by atoms with E-state index in [1.54, 1.807) is 13.2 Å². The zero-order valence-corrected chi connectivity index (χ0v) is 18.3. The standard InChI is InChI=1S/C25H28N2O4/c1-17(21-8-6-5-7-9-21)15-26-25(28)13-11-20-10-12-23(24(14-20)29-4)30-16-22-18(2)27-31-19(22)3/h5-14,17H,15-16H2,1-4H3,(H,26,28)/b13-11+. The Bertz CT molecular complexity index is 1020. The van der Waals surface area contributed by atoms with Crippen molar-refractivity contribution in [3.8, 4) is 11.5 Å². The summed E-state index contributed by atoms with van der Waals surface area (Å²) in [5, 5.41) is 6.88. The fourth-order valence-electron chi connectivity index (χ4n) is 3.15. The van der Waals surface area contributed by atoms with Crippen molar-refractivity contribution in [1.82, 2.24) is 10.5 Å². The van der Waals surface area contributed by atoms with Crippen molar-refractivity contribution in [3.63, 3.8) is 0 Å². The lowest BCUT2D eigenvalue weighted by atomic mass is 10.0. The van der Waals surface area contributed by atoms with Gasteiger partial charge in [-0.2, -0.15) is 0 Å². The molecule has 1 atom stereocenters. The first-order valence-corrected chi connectivity index (χ1v) is 10.2. The van der Waals surface area contributed by atoms with Crippen LogP contribution < -0.4 is 14.8 Å². The maximum atomic E-state index is 12.2. The van der Waals surface area contributed by atoms with Gasteiger partial charge in [-0.1, -0.05) is 48.5 Å². The van der Waals surface area contributed by atoms with E-state index in [-0.39, 0.29) is 11.8 Å². The van der Waals surface area contributed by atoms with Crippen LogP contribution in [0.25, 0.3) is 6.08 Å². The summed E-state index contributed by atoms with van der Waals surface area (Å²) in [6, 6.07) is 15.7. The Morgan fingerprint density at radius 1 is 1.16 bits per heavy atom. The van der Waals surface area contributed by atoms with Crippen molar-refractivity contribution in [1.29, 1.82) is 0 Å². The number of nitrogens with one attached hydrogen (secondary N) is 1. The Labute approximate surface area is 182 Å². The lowest BCUT2D eigenvalue weighted by Crippen LogP contribution is -2.25. The minimum atomic E-state index is -0.138. The van der Waals surface area contributed by atoms with Gasteiger partial charge in [-0.25, -0.2) is 0 Å². The van der Waals surface area contributed by atoms with E-state index in [1.165, 1.54) is 11.6 Å². The van der Waals surface area contributed by atoms with Crippen LogP contribution in [0, 0.1) is 13.8 Å². The number of aromatic nitrogens is 1. The number of benzene rings is 2. The van der Waals surface area contributed by atoms with Gasteiger partial charge < -0.3 is 19.3 Å². The van der Waals surface area contributed by atoms with Crippen LogP contribution in [0.4, 0.5) is 0 Å². The summed E-state index contributed by atoms with van der Waals surface area (Å²) in [5.41, 5.74) is 3.77. The molecule has 1 N–H and O–H groups in total. The van der Waals surface area contributed by atoms with Gasteiger partial charge in [0.05, 0.1) is 18.4 Å². The number of ether oxygens (including phenoxy) is 2. The van der Waals surface area contributed by atoms with Crippen molar-refractivity contribution in [2.24, 2.45) is 0 Å². The molecule has 3 aromatic rings. The lowest BCUT2D eigenvalue weighted by Gasteiger charge is -2.12. The molecule has 1 amide bonds. The van der Waals surface area contributed by atoms with Crippen molar-refractivity contribution in [2.45, 2.75) is 33.3 Å². The fraction of sp³-hybridized carbons (Fsp3) is 0.280. The monoisotopic (exact) mass is 420 g/mol. The molecule has 0 saturated heterocycles. The SMILES string of the molecule is COc1cc(/C=C/C(=O)NCC(C)c2ccccc2)ccc1OCc1c(C)noc1C. The highest BCUT2D eigenvalue weighted by atomic mass is 16.5. The zero-order chi connectivity index (χ0) is 22.2. The molecule has 0 bridgehead atoms. The predicted octanol–water partition coefficient (Wildman–Crippen LogP) is 4.81. The molecule has 0 aliphatic heterocycles. The molecule has 6 heteroatoms. The van der Waals surface area contributed by atoms with Crippen LogP contribution in [0.1, 0.15) is 41.0 Å². The molecule has 6 nitrogen and oxygen atoms in total. The summed E-state index contributed by atoms with van der Waals surface area (Å²) >= 11 is 0. The van der Waals surface area contributed by atoms with E-state index in [0.717, 1.165) is 22.6 Å². The van der Waals surface area contributed by atoms with Crippen LogP contribution in [0.15, 0.2) is 59.1 Å². The minimum Gasteiger partial charge on any atom is -0.493 e. The third-order valence-corrected chi connectivity index (χ3v) is 5.12. The zero-order valence-electron chi connectivity index (χ0n) is 18.3. The molecule has 0 spiro atoms. The first kappa shape index (κ1) is 22.2. The number of aryl methyl sites for hydroxylation is 2. The minimum absolute atomic E-state index is 0.138. The van der Waals surface area contributed by atoms with Crippen LogP contribution in [0.3, 0.4) is 0 Å². The average molecular weight is 421 g/mol. The molecule has 0 fully saturated rings. The van der Waals surface area contributed by atoms with E-state index in [4.69, 9.17) is 14.0 Å². The van der Waals surface area contributed by atoms with Gasteiger partial charge in [-0.3, -0.25) is 4.79 Å². The Morgan fingerprint density at radius 2 is 1.94 bits per heavy atom. The van der Waals surface area contributed by atoms with Crippen molar-refractivity contribution in [2.75, 3.05) is 13.7 Å². The summed E-state index contributed by atoms with van der Waals surface area (Å²) < 4.78 is 16.5. The molecule has 0 saturated carbocycles. The molecular weight excluding hydrogens is 392 g/mol. The van der Waals surface area contributed by atoms with Gasteiger partial charge in [-0.05, 0) is 49.1 Å². The van der Waals surface area contributed by atoms with E-state index < -0.39 is 0 Å². The van der Waals surface area contributed by atoms with E-state index in [0.29, 0.717) is 24.7 Å². The third-order valence-electron chi connectivity index (χ3n) is 5.12. The number of nitrogens with zero attached hydrogens (tertiary/aromatic N) is 1. The first-order valence-electron chi connectivity index (χ1n) is 10.2. The number of carbonyl (C=O) groups is 1. The van der Waals surface area contributed by atoms with Crippen molar-refractivity contribution in [3.05, 3.63) is 82.8 Å². The van der Waals surface area contributed by atoms with Crippen LogP contribution >= 0.6 is 0 Å². The van der Waals surface area contributed by atoms with E-state index in [9.17, 15) is 4.79 Å². The van der Waals surface area contributed by atoms with Gasteiger partial charge >= 0.3 is 0 Å². The number of methoxy groups -OCH3 is 1. The topological polar surface area (TPSA) is 73.6 Å². The van der Waals surface area contributed by atoms with Gasteiger partial charge in [0.25, 0.3) is 0 Å². The summed E-state index contributed by atoms with van der Waals surface area (Å²) in [4.78, 5) is 12.2. The van der Waals surface area contributed by atoms with E-state index in [2.05, 4.69) is 29.5 Å². The highest BCUT2D eigenvalue weighted by Gasteiger charge is 2.12. The molecule has 0 aliphatic rings. The normalized spacial score (nSPS) is 12.0. The summed E-state index contributed by atoms with van der Waals surface area (Å²) in [6.07, 6.45) is 3.28. The number of rotatable bonds is 9. The van der Waals surface area contributed by atoms with Gasteiger partial charge in [0, 0.05) is 12.6 Å².